The van der Waals surface area contributed by atoms with Gasteiger partial charge in [0.05, 0.1) is 16.7 Å². The molecule has 108 valence electrons. The minimum atomic E-state index is -5.10. The highest BCUT2D eigenvalue weighted by atomic mass is 35.5. The molecular formula is C8H10Cl2O7P2. The van der Waals surface area contributed by atoms with Crippen LogP contribution in [0.25, 0.3) is 0 Å². The van der Waals surface area contributed by atoms with Gasteiger partial charge in [0.2, 0.25) is 0 Å². The summed E-state index contributed by atoms with van der Waals surface area (Å²) in [5, 5.41) is 0.457. The number of hydrogen-bond donors (Lipinski definition) is 4. The van der Waals surface area contributed by atoms with Gasteiger partial charge in [0, 0.05) is 0 Å². The van der Waals surface area contributed by atoms with Crippen molar-refractivity contribution in [1.29, 1.82) is 0 Å². The van der Waals surface area contributed by atoms with E-state index in [1.54, 1.807) is 0 Å². The molecule has 0 aliphatic rings. The second kappa shape index (κ2) is 6.22. The molecule has 1 rings (SSSR count). The Morgan fingerprint density at radius 3 is 2.00 bits per heavy atom. The summed E-state index contributed by atoms with van der Waals surface area (Å²) in [6.07, 6.45) is 0. The first-order valence-corrected chi connectivity index (χ1v) is 8.79. The Labute approximate surface area is 118 Å². The second-order valence-corrected chi connectivity index (χ2v) is 8.08. The molecule has 1 aromatic rings. The van der Waals surface area contributed by atoms with E-state index in [2.05, 4.69) is 4.74 Å². The normalized spacial score (nSPS) is 13.0. The zero-order valence-corrected chi connectivity index (χ0v) is 12.5. The molecule has 0 fully saturated rings. The minimum absolute atomic E-state index is 0.187. The van der Waals surface area contributed by atoms with Crippen molar-refractivity contribution in [3.63, 3.8) is 0 Å². The predicted molar refractivity (Wildman–Crippen MR) is 69.1 cm³/mol. The molecule has 0 aliphatic heterocycles. The van der Waals surface area contributed by atoms with Crippen LogP contribution in [0.1, 0.15) is 5.56 Å². The lowest BCUT2D eigenvalue weighted by atomic mass is 10.2. The molecule has 0 bridgehead atoms. The molecule has 0 atom stereocenters. The Hall–Kier alpha value is 0.0600. The van der Waals surface area contributed by atoms with Gasteiger partial charge in [-0.25, -0.2) is 0 Å². The van der Waals surface area contributed by atoms with Crippen LogP contribution in [-0.2, 0) is 20.5 Å². The summed E-state index contributed by atoms with van der Waals surface area (Å²) in [6.45, 7) is -0.433. The fraction of sp³-hybridized carbons (Fsp3) is 0.250. The van der Waals surface area contributed by atoms with Gasteiger partial charge in [-0.05, 0) is 17.7 Å². The van der Waals surface area contributed by atoms with Crippen LogP contribution in [0.3, 0.4) is 0 Å². The number of hydrogen-bond acceptors (Lipinski definition) is 3. The molecule has 0 unspecified atom stereocenters. The summed E-state index contributed by atoms with van der Waals surface area (Å²) in [5.41, 5.74) is -2.14. The maximum absolute atomic E-state index is 11.0. The van der Waals surface area contributed by atoms with Gasteiger partial charge in [-0.1, -0.05) is 29.3 Å². The number of benzene rings is 1. The zero-order chi connectivity index (χ0) is 14.8. The van der Waals surface area contributed by atoms with Gasteiger partial charge < -0.3 is 24.3 Å². The lowest BCUT2D eigenvalue weighted by Crippen LogP contribution is -2.13. The van der Waals surface area contributed by atoms with Crippen LogP contribution >= 0.6 is 38.4 Å². The molecule has 0 radical (unpaired) electrons. The van der Waals surface area contributed by atoms with Gasteiger partial charge >= 0.3 is 15.2 Å². The summed E-state index contributed by atoms with van der Waals surface area (Å²) in [7, 11) is -10.2. The molecule has 0 spiro atoms. The maximum atomic E-state index is 11.0. The lowest BCUT2D eigenvalue weighted by Gasteiger charge is -2.19. The molecule has 0 amide bonds. The minimum Gasteiger partial charge on any atom is -0.350 e. The Bertz CT molecular complexity index is 530. The highest BCUT2D eigenvalue weighted by Crippen LogP contribution is 2.60. The average Bonchev–Trinajstić information content (AvgIpc) is 2.19. The number of halogens is 2. The predicted octanol–water partition coefficient (Wildman–Crippen LogP) is 2.15. The topological polar surface area (TPSA) is 124 Å². The maximum Gasteiger partial charge on any atom is 0.366 e. The molecule has 4 N–H and O–H groups in total. The van der Waals surface area contributed by atoms with Crippen molar-refractivity contribution in [3.8, 4) is 0 Å². The summed E-state index contributed by atoms with van der Waals surface area (Å²) in [4.78, 5) is 35.3. The van der Waals surface area contributed by atoms with Gasteiger partial charge in [0.25, 0.3) is 5.59 Å². The first kappa shape index (κ1) is 17.1. The average molecular weight is 351 g/mol. The van der Waals surface area contributed by atoms with Gasteiger partial charge in [-0.15, -0.1) is 0 Å². The standard InChI is InChI=1S/C8H10Cl2O7P2/c9-6-2-1-5(3-7(6)10)4-17-8(18(11,12)13)19(14,15)16/h1-3,8H,4H2,(H2,11,12,13)(H2,14,15,16). The Kier molecular flexibility index (Phi) is 5.61. The third-order valence-corrected chi connectivity index (χ3v) is 5.95. The van der Waals surface area contributed by atoms with Crippen LogP contribution in [0.5, 0.6) is 0 Å². The third kappa shape index (κ3) is 5.16. The third-order valence-electron chi connectivity index (χ3n) is 1.96. The van der Waals surface area contributed by atoms with Crippen molar-refractivity contribution >= 4 is 38.4 Å². The Morgan fingerprint density at radius 1 is 1.05 bits per heavy atom. The highest BCUT2D eigenvalue weighted by molar-refractivity contribution is 7.70. The van der Waals surface area contributed by atoms with Gasteiger partial charge in [-0.2, -0.15) is 0 Å². The molecular weight excluding hydrogens is 341 g/mol. The van der Waals surface area contributed by atoms with E-state index < -0.39 is 27.4 Å². The van der Waals surface area contributed by atoms with Crippen molar-refractivity contribution in [3.05, 3.63) is 33.8 Å². The van der Waals surface area contributed by atoms with Crippen molar-refractivity contribution in [2.75, 3.05) is 0 Å². The van der Waals surface area contributed by atoms with Crippen LogP contribution in [0.15, 0.2) is 18.2 Å². The summed E-state index contributed by atoms with van der Waals surface area (Å²) in [6, 6.07) is 4.23. The van der Waals surface area contributed by atoms with Crippen LogP contribution in [0.4, 0.5) is 0 Å². The lowest BCUT2D eigenvalue weighted by molar-refractivity contribution is 0.100. The van der Waals surface area contributed by atoms with Crippen LogP contribution in [0.2, 0.25) is 10.0 Å². The van der Waals surface area contributed by atoms with E-state index in [9.17, 15) is 9.13 Å². The molecule has 0 aromatic heterocycles. The monoisotopic (exact) mass is 350 g/mol. The summed E-state index contributed by atoms with van der Waals surface area (Å²) < 4.78 is 26.5. The fourth-order valence-electron chi connectivity index (χ4n) is 1.19. The first-order valence-electron chi connectivity index (χ1n) is 4.68. The molecule has 0 heterocycles. The van der Waals surface area contributed by atoms with E-state index in [4.69, 9.17) is 42.8 Å². The van der Waals surface area contributed by atoms with Crippen LogP contribution < -0.4 is 0 Å². The van der Waals surface area contributed by atoms with Crippen molar-refractivity contribution in [2.24, 2.45) is 0 Å². The number of ether oxygens (including phenoxy) is 1. The van der Waals surface area contributed by atoms with Crippen LogP contribution in [0, 0.1) is 0 Å². The Morgan fingerprint density at radius 2 is 1.58 bits per heavy atom. The molecule has 0 saturated heterocycles. The second-order valence-electron chi connectivity index (χ2n) is 3.56. The molecule has 0 aliphatic carbocycles. The van der Waals surface area contributed by atoms with Gasteiger partial charge in [0.1, 0.15) is 0 Å². The molecule has 7 nitrogen and oxygen atoms in total. The highest BCUT2D eigenvalue weighted by Gasteiger charge is 2.44. The summed E-state index contributed by atoms with van der Waals surface area (Å²) >= 11 is 11.4. The van der Waals surface area contributed by atoms with Crippen molar-refractivity contribution in [2.45, 2.75) is 12.2 Å². The van der Waals surface area contributed by atoms with Crippen LogP contribution in [-0.4, -0.2) is 25.2 Å². The molecule has 1 aromatic carbocycles. The quantitative estimate of drug-likeness (QED) is 0.599. The zero-order valence-electron chi connectivity index (χ0n) is 9.18. The van der Waals surface area contributed by atoms with E-state index in [-0.39, 0.29) is 10.0 Å². The molecule has 19 heavy (non-hydrogen) atoms. The van der Waals surface area contributed by atoms with Gasteiger partial charge in [-0.3, -0.25) is 9.13 Å². The fourth-order valence-corrected chi connectivity index (χ4v) is 3.62. The van der Waals surface area contributed by atoms with Crippen molar-refractivity contribution < 1.29 is 33.4 Å². The molecule has 0 saturated carbocycles. The van der Waals surface area contributed by atoms with E-state index in [1.165, 1.54) is 18.2 Å². The smallest absolute Gasteiger partial charge is 0.350 e. The SMILES string of the molecule is O=P(O)(O)C(OCc1ccc(Cl)c(Cl)c1)P(=O)(O)O. The first-order chi connectivity index (χ1) is 8.51. The summed E-state index contributed by atoms with van der Waals surface area (Å²) in [5.74, 6) is 0. The Balaban J connectivity index is 2.86. The molecule has 11 heteroatoms. The largest absolute Gasteiger partial charge is 0.366 e. The number of rotatable bonds is 5. The van der Waals surface area contributed by atoms with E-state index in [0.717, 1.165) is 0 Å². The van der Waals surface area contributed by atoms with E-state index >= 15 is 0 Å². The van der Waals surface area contributed by atoms with Crippen molar-refractivity contribution in [1.82, 2.24) is 0 Å². The van der Waals surface area contributed by atoms with Gasteiger partial charge in [0.15, 0.2) is 0 Å². The van der Waals surface area contributed by atoms with E-state index in [1.807, 2.05) is 0 Å². The van der Waals surface area contributed by atoms with E-state index in [0.29, 0.717) is 5.56 Å².